The first-order valence-corrected chi connectivity index (χ1v) is 4.92. The predicted octanol–water partition coefficient (Wildman–Crippen LogP) is 4.41. The Balaban J connectivity index is 5.80. The average Bonchev–Trinajstić information content (AvgIpc) is 2.15. The molecule has 0 atom stereocenters. The van der Waals surface area contributed by atoms with Crippen LogP contribution in [0.1, 0.15) is 0 Å². The van der Waals surface area contributed by atoms with Crippen LogP contribution in [0.3, 0.4) is 0 Å². The zero-order chi connectivity index (χ0) is 15.2. The molecule has 0 rings (SSSR count). The molecule has 0 nitrogen and oxygen atoms in total. The van der Waals surface area contributed by atoms with Crippen LogP contribution in [0.2, 0.25) is 0 Å². The molecule has 110 valence electrons. The summed E-state index contributed by atoms with van der Waals surface area (Å²) in [7, 11) is 0. The molecule has 0 aliphatic rings. The molecule has 0 aromatic heterocycles. The van der Waals surface area contributed by atoms with E-state index in [1.165, 1.54) is 0 Å². The molecule has 0 spiro atoms. The normalized spacial score (nSPS) is 16.0. The highest BCUT2D eigenvalue weighted by atomic mass is 32.2. The van der Waals surface area contributed by atoms with Crippen LogP contribution >= 0.6 is 11.8 Å². The second kappa shape index (κ2) is 4.30. The van der Waals surface area contributed by atoms with Gasteiger partial charge in [0.15, 0.2) is 0 Å². The van der Waals surface area contributed by atoms with E-state index in [2.05, 4.69) is 0 Å². The number of halogens is 11. The molecule has 0 bridgehead atoms. The third-order valence-electron chi connectivity index (χ3n) is 1.77. The highest BCUT2D eigenvalue weighted by Crippen LogP contribution is 2.59. The minimum absolute atomic E-state index is 0.149. The Labute approximate surface area is 96.5 Å². The maximum atomic E-state index is 12.5. The summed E-state index contributed by atoms with van der Waals surface area (Å²) in [6.45, 7) is 0. The molecule has 0 saturated heterocycles. The zero-order valence-corrected chi connectivity index (χ0v) is 8.88. The summed E-state index contributed by atoms with van der Waals surface area (Å²) < 4.78 is 134. The fourth-order valence-corrected chi connectivity index (χ4v) is 1.07. The molecule has 0 aliphatic heterocycles. The van der Waals surface area contributed by atoms with Crippen LogP contribution in [0.5, 0.6) is 0 Å². The van der Waals surface area contributed by atoms with E-state index in [1.807, 2.05) is 0 Å². The molecule has 0 amide bonds. The van der Waals surface area contributed by atoms with Crippen LogP contribution in [-0.4, -0.2) is 35.5 Å². The molecule has 0 fully saturated rings. The van der Waals surface area contributed by atoms with Crippen molar-refractivity contribution < 1.29 is 48.3 Å². The summed E-state index contributed by atoms with van der Waals surface area (Å²) in [6, 6.07) is 0. The Bertz CT molecular complexity index is 303. The molecule has 0 heterocycles. The van der Waals surface area contributed by atoms with Crippen LogP contribution in [0.4, 0.5) is 48.3 Å². The average molecular weight is 316 g/mol. The van der Waals surface area contributed by atoms with Crippen molar-refractivity contribution in [1.29, 1.82) is 0 Å². The van der Waals surface area contributed by atoms with Crippen molar-refractivity contribution in [3.63, 3.8) is 0 Å². The smallest absolute Gasteiger partial charge is 0.192 e. The summed E-state index contributed by atoms with van der Waals surface area (Å²) in [6.07, 6.45) is -6.95. The summed E-state index contributed by atoms with van der Waals surface area (Å²) in [5, 5.41) is -5.80. The molecule has 0 aromatic rings. The van der Waals surface area contributed by atoms with Crippen molar-refractivity contribution in [2.75, 3.05) is 6.26 Å². The molecule has 0 aliphatic carbocycles. The van der Waals surface area contributed by atoms with Crippen LogP contribution in [-0.2, 0) is 0 Å². The molecule has 0 saturated carbocycles. The molecule has 18 heavy (non-hydrogen) atoms. The number of thioether (sulfide) groups is 1. The Hall–Kier alpha value is -0.420. The lowest BCUT2D eigenvalue weighted by atomic mass is 10.0. The van der Waals surface area contributed by atoms with Crippen molar-refractivity contribution in [3.05, 3.63) is 0 Å². The lowest BCUT2D eigenvalue weighted by molar-refractivity contribution is -0.412. The highest BCUT2D eigenvalue weighted by molar-refractivity contribution is 7.99. The first-order valence-electron chi connectivity index (χ1n) is 3.69. The SMILES string of the molecule is CSC(F)(F)C(F)(F)C(F)(F)C(F)(F)C(F)(F)F. The third-order valence-corrected chi connectivity index (χ3v) is 2.54. The van der Waals surface area contributed by atoms with E-state index in [-0.39, 0.29) is 6.26 Å². The lowest BCUT2D eigenvalue weighted by Crippen LogP contribution is -2.65. The van der Waals surface area contributed by atoms with Gasteiger partial charge >= 0.3 is 29.2 Å². The van der Waals surface area contributed by atoms with E-state index >= 15 is 0 Å². The van der Waals surface area contributed by atoms with Crippen molar-refractivity contribution in [2.45, 2.75) is 29.2 Å². The number of rotatable bonds is 4. The van der Waals surface area contributed by atoms with Gasteiger partial charge in [-0.3, -0.25) is 0 Å². The fraction of sp³-hybridized carbons (Fsp3) is 1.00. The quantitative estimate of drug-likeness (QED) is 0.692. The molecular formula is C6H3F11S. The van der Waals surface area contributed by atoms with Crippen LogP contribution < -0.4 is 0 Å². The molecular weight excluding hydrogens is 313 g/mol. The van der Waals surface area contributed by atoms with E-state index in [1.54, 1.807) is 0 Å². The van der Waals surface area contributed by atoms with Crippen molar-refractivity contribution in [1.82, 2.24) is 0 Å². The molecule has 0 aromatic carbocycles. The van der Waals surface area contributed by atoms with Gasteiger partial charge < -0.3 is 0 Å². The van der Waals surface area contributed by atoms with E-state index in [0.717, 1.165) is 0 Å². The first-order chi connectivity index (χ1) is 7.56. The summed E-state index contributed by atoms with van der Waals surface area (Å²) in [5.41, 5.74) is 0. The van der Waals surface area contributed by atoms with Crippen LogP contribution in [0.15, 0.2) is 0 Å². The van der Waals surface area contributed by atoms with Crippen LogP contribution in [0, 0.1) is 0 Å². The Morgan fingerprint density at radius 1 is 0.556 bits per heavy atom. The second-order valence-electron chi connectivity index (χ2n) is 2.94. The van der Waals surface area contributed by atoms with Gasteiger partial charge in [-0.05, 0) is 6.26 Å². The molecule has 0 unspecified atom stereocenters. The summed E-state index contributed by atoms with van der Waals surface area (Å²) >= 11 is -1.28. The maximum Gasteiger partial charge on any atom is 0.460 e. The van der Waals surface area contributed by atoms with Gasteiger partial charge in [-0.2, -0.15) is 48.3 Å². The Morgan fingerprint density at radius 2 is 0.889 bits per heavy atom. The van der Waals surface area contributed by atoms with Gasteiger partial charge in [-0.25, -0.2) is 0 Å². The minimum atomic E-state index is -7.30. The van der Waals surface area contributed by atoms with Crippen molar-refractivity contribution in [3.8, 4) is 0 Å². The van der Waals surface area contributed by atoms with Gasteiger partial charge in [-0.1, -0.05) is 11.8 Å². The highest BCUT2D eigenvalue weighted by Gasteiger charge is 2.87. The summed E-state index contributed by atoms with van der Waals surface area (Å²) in [5.74, 6) is -21.5. The second-order valence-corrected chi connectivity index (χ2v) is 3.86. The Morgan fingerprint density at radius 3 is 1.11 bits per heavy atom. The summed E-state index contributed by atoms with van der Waals surface area (Å²) in [4.78, 5) is 0. The fourth-order valence-electron chi connectivity index (χ4n) is 0.686. The van der Waals surface area contributed by atoms with Gasteiger partial charge in [0.1, 0.15) is 0 Å². The topological polar surface area (TPSA) is 0 Å². The molecule has 0 N–H and O–H groups in total. The van der Waals surface area contributed by atoms with Crippen molar-refractivity contribution >= 4 is 11.8 Å². The molecule has 12 heteroatoms. The predicted molar refractivity (Wildman–Crippen MR) is 39.4 cm³/mol. The molecule has 0 radical (unpaired) electrons. The number of alkyl halides is 11. The van der Waals surface area contributed by atoms with E-state index in [9.17, 15) is 48.3 Å². The first kappa shape index (κ1) is 17.6. The van der Waals surface area contributed by atoms with Gasteiger partial charge in [0.05, 0.1) is 0 Å². The van der Waals surface area contributed by atoms with E-state index in [4.69, 9.17) is 0 Å². The lowest BCUT2D eigenvalue weighted by Gasteiger charge is -2.36. The van der Waals surface area contributed by atoms with E-state index < -0.39 is 41.0 Å². The minimum Gasteiger partial charge on any atom is -0.192 e. The number of hydrogen-bond acceptors (Lipinski definition) is 1. The monoisotopic (exact) mass is 316 g/mol. The number of hydrogen-bond donors (Lipinski definition) is 0. The Kier molecular flexibility index (Phi) is 4.20. The maximum absolute atomic E-state index is 12.5. The standard InChI is InChI=1S/C6H3F11S/c1-18-6(16,17)4(11,12)2(7,8)3(9,10)5(13,14)15/h1H3. The van der Waals surface area contributed by atoms with Gasteiger partial charge in [0.25, 0.3) is 0 Å². The van der Waals surface area contributed by atoms with Gasteiger partial charge in [0, 0.05) is 0 Å². The van der Waals surface area contributed by atoms with Crippen LogP contribution in [0.25, 0.3) is 0 Å². The van der Waals surface area contributed by atoms with Gasteiger partial charge in [0.2, 0.25) is 0 Å². The largest absolute Gasteiger partial charge is 0.460 e. The van der Waals surface area contributed by atoms with E-state index in [0.29, 0.717) is 0 Å². The van der Waals surface area contributed by atoms with Crippen molar-refractivity contribution in [2.24, 2.45) is 0 Å². The van der Waals surface area contributed by atoms with Gasteiger partial charge in [-0.15, -0.1) is 0 Å². The zero-order valence-electron chi connectivity index (χ0n) is 8.07. The third kappa shape index (κ3) is 2.23.